The van der Waals surface area contributed by atoms with Crippen LogP contribution in [0.25, 0.3) is 16.7 Å². The molecule has 0 radical (unpaired) electrons. The van der Waals surface area contributed by atoms with E-state index in [0.29, 0.717) is 5.76 Å². The quantitative estimate of drug-likeness (QED) is 0.829. The van der Waals surface area contributed by atoms with Gasteiger partial charge in [-0.1, -0.05) is 13.5 Å². The van der Waals surface area contributed by atoms with Gasteiger partial charge in [-0.05, 0) is 24.6 Å². The molecule has 0 aromatic carbocycles. The van der Waals surface area contributed by atoms with Gasteiger partial charge in [0.1, 0.15) is 17.3 Å². The lowest BCUT2D eigenvalue weighted by molar-refractivity contribution is 0.434. The minimum Gasteiger partial charge on any atom is -0.464 e. The highest BCUT2D eigenvalue weighted by Crippen LogP contribution is 2.19. The monoisotopic (exact) mass is 255 g/mol. The standard InChI is InChI=1S/C15H17N3O/c1-4-5-8-19-11(2)13-7-6-12-10-17-15(16-3)9-14(12)18-13/h5-10H,2,4H2,1,3H3,(H,16,17)/b8-5+. The highest BCUT2D eigenvalue weighted by molar-refractivity contribution is 5.81. The van der Waals surface area contributed by atoms with E-state index in [2.05, 4.69) is 21.9 Å². The van der Waals surface area contributed by atoms with Gasteiger partial charge in [0.25, 0.3) is 0 Å². The number of hydrogen-bond donors (Lipinski definition) is 1. The first kappa shape index (κ1) is 13.1. The van der Waals surface area contributed by atoms with Crippen LogP contribution in [-0.2, 0) is 4.74 Å². The van der Waals surface area contributed by atoms with Gasteiger partial charge in [-0.25, -0.2) is 9.97 Å². The van der Waals surface area contributed by atoms with E-state index in [1.54, 1.807) is 12.5 Å². The summed E-state index contributed by atoms with van der Waals surface area (Å²) in [5, 5.41) is 3.98. The fraction of sp³-hybridized carbons (Fsp3) is 0.200. The topological polar surface area (TPSA) is 47.0 Å². The summed E-state index contributed by atoms with van der Waals surface area (Å²) in [4.78, 5) is 8.77. The molecule has 0 amide bonds. The Morgan fingerprint density at radius 2 is 2.32 bits per heavy atom. The maximum Gasteiger partial charge on any atom is 0.144 e. The van der Waals surface area contributed by atoms with Crippen LogP contribution < -0.4 is 5.32 Å². The van der Waals surface area contributed by atoms with Crippen molar-refractivity contribution < 1.29 is 4.74 Å². The van der Waals surface area contributed by atoms with Gasteiger partial charge in [0.05, 0.1) is 11.8 Å². The number of nitrogens with zero attached hydrogens (tertiary/aromatic N) is 2. The molecule has 0 unspecified atom stereocenters. The van der Waals surface area contributed by atoms with Crippen LogP contribution in [0.3, 0.4) is 0 Å². The van der Waals surface area contributed by atoms with Crippen molar-refractivity contribution in [2.24, 2.45) is 0 Å². The van der Waals surface area contributed by atoms with E-state index < -0.39 is 0 Å². The summed E-state index contributed by atoms with van der Waals surface area (Å²) >= 11 is 0. The number of anilines is 1. The van der Waals surface area contributed by atoms with E-state index in [1.807, 2.05) is 38.2 Å². The molecule has 0 saturated carbocycles. The van der Waals surface area contributed by atoms with Crippen LogP contribution in [0.15, 0.2) is 43.3 Å². The van der Waals surface area contributed by atoms with Gasteiger partial charge in [-0.3, -0.25) is 0 Å². The molecule has 2 aromatic heterocycles. The Morgan fingerprint density at radius 1 is 1.47 bits per heavy atom. The van der Waals surface area contributed by atoms with Crippen LogP contribution in [0, 0.1) is 0 Å². The van der Waals surface area contributed by atoms with Gasteiger partial charge in [-0.2, -0.15) is 0 Å². The molecule has 4 nitrogen and oxygen atoms in total. The second-order valence-corrected chi connectivity index (χ2v) is 4.03. The molecule has 4 heteroatoms. The zero-order chi connectivity index (χ0) is 13.7. The molecule has 2 heterocycles. The smallest absolute Gasteiger partial charge is 0.144 e. The summed E-state index contributed by atoms with van der Waals surface area (Å²) in [6, 6.07) is 5.74. The number of rotatable bonds is 5. The molecule has 0 aliphatic heterocycles. The zero-order valence-corrected chi connectivity index (χ0v) is 11.2. The van der Waals surface area contributed by atoms with Crippen LogP contribution >= 0.6 is 0 Å². The van der Waals surface area contributed by atoms with Crippen molar-refractivity contribution in [1.29, 1.82) is 0 Å². The predicted molar refractivity (Wildman–Crippen MR) is 78.6 cm³/mol. The SMILES string of the molecule is C=C(O/C=C/CC)c1ccc2cnc(NC)cc2n1. The first-order valence-electron chi connectivity index (χ1n) is 6.20. The molecular weight excluding hydrogens is 238 g/mol. The summed E-state index contributed by atoms with van der Waals surface area (Å²) in [5.41, 5.74) is 1.59. The highest BCUT2D eigenvalue weighted by Gasteiger charge is 2.04. The zero-order valence-electron chi connectivity index (χ0n) is 11.2. The molecule has 0 fully saturated rings. The third kappa shape index (κ3) is 3.10. The van der Waals surface area contributed by atoms with Gasteiger partial charge in [0, 0.05) is 24.7 Å². The van der Waals surface area contributed by atoms with E-state index in [4.69, 9.17) is 4.74 Å². The van der Waals surface area contributed by atoms with Crippen molar-refractivity contribution in [2.45, 2.75) is 13.3 Å². The van der Waals surface area contributed by atoms with E-state index in [-0.39, 0.29) is 0 Å². The fourth-order valence-electron chi connectivity index (χ4n) is 1.60. The molecule has 0 bridgehead atoms. The lowest BCUT2D eigenvalue weighted by Gasteiger charge is -2.06. The Morgan fingerprint density at radius 3 is 3.05 bits per heavy atom. The molecule has 2 aromatic rings. The fourth-order valence-corrected chi connectivity index (χ4v) is 1.60. The van der Waals surface area contributed by atoms with Gasteiger partial charge in [0.15, 0.2) is 0 Å². The normalized spacial score (nSPS) is 10.8. The number of fused-ring (bicyclic) bond motifs is 1. The lowest BCUT2D eigenvalue weighted by atomic mass is 10.2. The maximum atomic E-state index is 5.41. The Bertz CT molecular complexity index is 620. The van der Waals surface area contributed by atoms with Gasteiger partial charge in [0.2, 0.25) is 0 Å². The number of hydrogen-bond acceptors (Lipinski definition) is 4. The first-order chi connectivity index (χ1) is 9.24. The molecular formula is C15H17N3O. The van der Waals surface area contributed by atoms with E-state index in [1.165, 1.54) is 0 Å². The minimum atomic E-state index is 0.536. The van der Waals surface area contributed by atoms with Crippen LogP contribution in [0.2, 0.25) is 0 Å². The van der Waals surface area contributed by atoms with Crippen LogP contribution in [0.5, 0.6) is 0 Å². The summed E-state index contributed by atoms with van der Waals surface area (Å²) in [5.74, 6) is 1.32. The Balaban J connectivity index is 2.29. The number of allylic oxidation sites excluding steroid dienone is 1. The van der Waals surface area contributed by atoms with Crippen molar-refractivity contribution in [2.75, 3.05) is 12.4 Å². The van der Waals surface area contributed by atoms with E-state index in [0.717, 1.165) is 28.8 Å². The Hall–Kier alpha value is -2.36. The van der Waals surface area contributed by atoms with E-state index >= 15 is 0 Å². The van der Waals surface area contributed by atoms with Gasteiger partial charge >= 0.3 is 0 Å². The van der Waals surface area contributed by atoms with Crippen LogP contribution in [-0.4, -0.2) is 17.0 Å². The summed E-state index contributed by atoms with van der Waals surface area (Å²) < 4.78 is 5.41. The van der Waals surface area contributed by atoms with Gasteiger partial charge in [-0.15, -0.1) is 0 Å². The second-order valence-electron chi connectivity index (χ2n) is 4.03. The van der Waals surface area contributed by atoms with Crippen molar-refractivity contribution in [3.8, 4) is 0 Å². The van der Waals surface area contributed by atoms with Crippen molar-refractivity contribution in [3.05, 3.63) is 49.0 Å². The molecule has 0 aliphatic rings. The number of nitrogens with one attached hydrogen (secondary N) is 1. The Kier molecular flexibility index (Phi) is 4.13. The average molecular weight is 255 g/mol. The number of aromatic nitrogens is 2. The Labute approximate surface area is 112 Å². The number of pyridine rings is 2. The first-order valence-corrected chi connectivity index (χ1v) is 6.20. The molecule has 19 heavy (non-hydrogen) atoms. The third-order valence-electron chi connectivity index (χ3n) is 2.66. The van der Waals surface area contributed by atoms with Crippen LogP contribution in [0.4, 0.5) is 5.82 Å². The summed E-state index contributed by atoms with van der Waals surface area (Å²) in [6.07, 6.45) is 6.28. The molecule has 2 rings (SSSR count). The van der Waals surface area contributed by atoms with Crippen molar-refractivity contribution in [3.63, 3.8) is 0 Å². The van der Waals surface area contributed by atoms with Crippen LogP contribution in [0.1, 0.15) is 19.0 Å². The molecule has 0 saturated heterocycles. The summed E-state index contributed by atoms with van der Waals surface area (Å²) in [6.45, 7) is 5.92. The minimum absolute atomic E-state index is 0.536. The maximum absolute atomic E-state index is 5.41. The summed E-state index contributed by atoms with van der Waals surface area (Å²) in [7, 11) is 1.83. The third-order valence-corrected chi connectivity index (χ3v) is 2.66. The number of ether oxygens (including phenoxy) is 1. The van der Waals surface area contributed by atoms with Crippen molar-refractivity contribution in [1.82, 2.24) is 9.97 Å². The molecule has 0 atom stereocenters. The largest absolute Gasteiger partial charge is 0.464 e. The highest BCUT2D eigenvalue weighted by atomic mass is 16.5. The molecule has 0 aliphatic carbocycles. The molecule has 1 N–H and O–H groups in total. The van der Waals surface area contributed by atoms with Crippen molar-refractivity contribution >= 4 is 22.5 Å². The predicted octanol–water partition coefficient (Wildman–Crippen LogP) is 3.58. The lowest BCUT2D eigenvalue weighted by Crippen LogP contribution is -1.94. The van der Waals surface area contributed by atoms with Gasteiger partial charge < -0.3 is 10.1 Å². The van der Waals surface area contributed by atoms with E-state index in [9.17, 15) is 0 Å². The average Bonchev–Trinajstić information content (AvgIpc) is 2.46. The second kappa shape index (κ2) is 6.00. The molecule has 0 spiro atoms. The molecule has 98 valence electrons.